The van der Waals surface area contributed by atoms with Crippen LogP contribution in [0.2, 0.25) is 0 Å². The lowest BCUT2D eigenvalue weighted by molar-refractivity contribution is -0.131. The predicted molar refractivity (Wildman–Crippen MR) is 86.5 cm³/mol. The van der Waals surface area contributed by atoms with Crippen LogP contribution in [0, 0.1) is 18.2 Å². The first-order valence-electron chi connectivity index (χ1n) is 7.45. The van der Waals surface area contributed by atoms with Gasteiger partial charge in [0.25, 0.3) is 0 Å². The van der Waals surface area contributed by atoms with Crippen LogP contribution in [0.1, 0.15) is 18.4 Å². The van der Waals surface area contributed by atoms with Gasteiger partial charge in [-0.05, 0) is 55.7 Å². The number of amides is 2. The predicted octanol–water partition coefficient (Wildman–Crippen LogP) is 3.49. The van der Waals surface area contributed by atoms with Gasteiger partial charge in [0.05, 0.1) is 0 Å². The zero-order chi connectivity index (χ0) is 16.4. The Balaban J connectivity index is 1.71. The van der Waals surface area contributed by atoms with E-state index in [-0.39, 0.29) is 17.6 Å². The number of hydrogen-bond donors (Lipinski definition) is 2. The van der Waals surface area contributed by atoms with Gasteiger partial charge in [-0.25, -0.2) is 4.39 Å². The zero-order valence-corrected chi connectivity index (χ0v) is 12.7. The molecule has 0 radical (unpaired) electrons. The molecule has 0 atom stereocenters. The molecule has 0 aliphatic heterocycles. The number of para-hydroxylation sites is 1. The third kappa shape index (κ3) is 3.08. The number of rotatable bonds is 4. The second-order valence-electron chi connectivity index (χ2n) is 5.81. The molecule has 2 aromatic rings. The second kappa shape index (κ2) is 5.83. The van der Waals surface area contributed by atoms with Gasteiger partial charge in [0.1, 0.15) is 11.2 Å². The minimum Gasteiger partial charge on any atom is -0.325 e. The second-order valence-corrected chi connectivity index (χ2v) is 5.81. The molecule has 0 unspecified atom stereocenters. The zero-order valence-electron chi connectivity index (χ0n) is 12.7. The van der Waals surface area contributed by atoms with Crippen molar-refractivity contribution in [2.45, 2.75) is 19.8 Å². The van der Waals surface area contributed by atoms with Crippen LogP contribution in [0.25, 0.3) is 0 Å². The van der Waals surface area contributed by atoms with Crippen molar-refractivity contribution >= 4 is 23.2 Å². The Labute approximate surface area is 133 Å². The highest BCUT2D eigenvalue weighted by Gasteiger charge is 2.56. The summed E-state index contributed by atoms with van der Waals surface area (Å²) in [6.45, 7) is 1.90. The molecule has 0 saturated heterocycles. The summed E-state index contributed by atoms with van der Waals surface area (Å²) in [5.41, 5.74) is 1.09. The molecule has 3 rings (SSSR count). The fourth-order valence-electron chi connectivity index (χ4n) is 2.42. The summed E-state index contributed by atoms with van der Waals surface area (Å²) in [6.07, 6.45) is 1.02. The van der Waals surface area contributed by atoms with Gasteiger partial charge < -0.3 is 10.6 Å². The molecular formula is C18H17FN2O2. The van der Waals surface area contributed by atoms with Crippen LogP contribution in [-0.4, -0.2) is 11.8 Å². The van der Waals surface area contributed by atoms with E-state index >= 15 is 0 Å². The Kier molecular flexibility index (Phi) is 3.86. The van der Waals surface area contributed by atoms with E-state index < -0.39 is 5.41 Å². The molecule has 5 heteroatoms. The van der Waals surface area contributed by atoms with Crippen LogP contribution in [0.5, 0.6) is 0 Å². The Morgan fingerprint density at radius 1 is 0.957 bits per heavy atom. The maximum atomic E-state index is 12.9. The van der Waals surface area contributed by atoms with Gasteiger partial charge in [-0.1, -0.05) is 18.2 Å². The van der Waals surface area contributed by atoms with Crippen LogP contribution in [0.3, 0.4) is 0 Å². The highest BCUT2D eigenvalue weighted by Crippen LogP contribution is 2.47. The molecule has 4 nitrogen and oxygen atoms in total. The molecule has 118 valence electrons. The Bertz CT molecular complexity index is 752. The van der Waals surface area contributed by atoms with Gasteiger partial charge in [-0.3, -0.25) is 9.59 Å². The van der Waals surface area contributed by atoms with Gasteiger partial charge in [0.15, 0.2) is 0 Å². The molecule has 2 N–H and O–H groups in total. The van der Waals surface area contributed by atoms with E-state index in [0.29, 0.717) is 24.2 Å². The van der Waals surface area contributed by atoms with E-state index in [1.54, 1.807) is 6.07 Å². The van der Waals surface area contributed by atoms with Gasteiger partial charge in [-0.2, -0.15) is 0 Å². The molecule has 2 amide bonds. The summed E-state index contributed by atoms with van der Waals surface area (Å²) in [5, 5.41) is 5.52. The Morgan fingerprint density at radius 2 is 1.57 bits per heavy atom. The van der Waals surface area contributed by atoms with Crippen molar-refractivity contribution in [3.63, 3.8) is 0 Å². The summed E-state index contributed by atoms with van der Waals surface area (Å²) in [4.78, 5) is 24.9. The molecule has 0 bridgehead atoms. The average molecular weight is 312 g/mol. The first kappa shape index (κ1) is 15.2. The number of halogens is 1. The summed E-state index contributed by atoms with van der Waals surface area (Å²) in [6, 6.07) is 12.9. The maximum Gasteiger partial charge on any atom is 0.240 e. The normalized spacial score (nSPS) is 14.9. The number of nitrogens with one attached hydrogen (secondary N) is 2. The van der Waals surface area contributed by atoms with E-state index in [1.807, 2.05) is 25.1 Å². The maximum absolute atomic E-state index is 12.9. The van der Waals surface area contributed by atoms with Gasteiger partial charge in [-0.15, -0.1) is 0 Å². The smallest absolute Gasteiger partial charge is 0.240 e. The number of carbonyl (C=O) groups is 2. The molecule has 0 aromatic heterocycles. The monoisotopic (exact) mass is 312 g/mol. The molecule has 23 heavy (non-hydrogen) atoms. The summed E-state index contributed by atoms with van der Waals surface area (Å²) < 4.78 is 12.9. The number of anilines is 2. The Hall–Kier alpha value is -2.69. The van der Waals surface area contributed by atoms with E-state index in [4.69, 9.17) is 0 Å². The van der Waals surface area contributed by atoms with Crippen molar-refractivity contribution in [1.82, 2.24) is 0 Å². The fraction of sp³-hybridized carbons (Fsp3) is 0.222. The highest BCUT2D eigenvalue weighted by molar-refractivity contribution is 6.17. The van der Waals surface area contributed by atoms with Crippen molar-refractivity contribution < 1.29 is 14.0 Å². The third-order valence-corrected chi connectivity index (χ3v) is 4.11. The van der Waals surface area contributed by atoms with Crippen LogP contribution in [0.15, 0.2) is 48.5 Å². The first-order valence-corrected chi connectivity index (χ1v) is 7.45. The largest absolute Gasteiger partial charge is 0.325 e. The van der Waals surface area contributed by atoms with Crippen molar-refractivity contribution in [3.8, 4) is 0 Å². The molecule has 1 aliphatic rings. The number of hydrogen-bond acceptors (Lipinski definition) is 2. The minimum absolute atomic E-state index is 0.300. The number of carbonyl (C=O) groups excluding carboxylic acids is 2. The quantitative estimate of drug-likeness (QED) is 0.849. The molecule has 0 heterocycles. The van der Waals surface area contributed by atoms with E-state index in [1.165, 1.54) is 24.3 Å². The SMILES string of the molecule is Cc1ccccc1NC(=O)C1(C(=O)Nc2ccc(F)cc2)CC1. The molecule has 2 aromatic carbocycles. The standard InChI is InChI=1S/C18H17FN2O2/c1-12-4-2-3-5-15(12)21-17(23)18(10-11-18)16(22)20-14-8-6-13(19)7-9-14/h2-9H,10-11H2,1H3,(H,20,22)(H,21,23). The molecule has 1 saturated carbocycles. The van der Waals surface area contributed by atoms with Crippen LogP contribution in [0.4, 0.5) is 15.8 Å². The highest BCUT2D eigenvalue weighted by atomic mass is 19.1. The molecule has 1 fully saturated rings. The van der Waals surface area contributed by atoms with E-state index in [0.717, 1.165) is 5.56 Å². The van der Waals surface area contributed by atoms with Gasteiger partial charge in [0.2, 0.25) is 11.8 Å². The summed E-state index contributed by atoms with van der Waals surface area (Å²) in [7, 11) is 0. The van der Waals surface area contributed by atoms with Crippen LogP contribution < -0.4 is 10.6 Å². The minimum atomic E-state index is -1.03. The van der Waals surface area contributed by atoms with Crippen LogP contribution >= 0.6 is 0 Å². The summed E-state index contributed by atoms with van der Waals surface area (Å²) in [5.74, 6) is -1.02. The average Bonchev–Trinajstić information content (AvgIpc) is 3.34. The summed E-state index contributed by atoms with van der Waals surface area (Å²) >= 11 is 0. The molecule has 1 aliphatic carbocycles. The lowest BCUT2D eigenvalue weighted by Gasteiger charge is -2.16. The van der Waals surface area contributed by atoms with Gasteiger partial charge in [0, 0.05) is 11.4 Å². The van der Waals surface area contributed by atoms with Crippen molar-refractivity contribution in [2.75, 3.05) is 10.6 Å². The van der Waals surface area contributed by atoms with Crippen molar-refractivity contribution in [2.24, 2.45) is 5.41 Å². The topological polar surface area (TPSA) is 58.2 Å². The van der Waals surface area contributed by atoms with Crippen molar-refractivity contribution in [3.05, 3.63) is 59.9 Å². The fourth-order valence-corrected chi connectivity index (χ4v) is 2.42. The Morgan fingerprint density at radius 3 is 2.17 bits per heavy atom. The third-order valence-electron chi connectivity index (χ3n) is 4.11. The first-order chi connectivity index (χ1) is 11.0. The van der Waals surface area contributed by atoms with Gasteiger partial charge >= 0.3 is 0 Å². The van der Waals surface area contributed by atoms with Crippen molar-refractivity contribution in [1.29, 1.82) is 0 Å². The van der Waals surface area contributed by atoms with E-state index in [9.17, 15) is 14.0 Å². The van der Waals surface area contributed by atoms with Crippen LogP contribution in [-0.2, 0) is 9.59 Å². The number of aryl methyl sites for hydroxylation is 1. The lowest BCUT2D eigenvalue weighted by Crippen LogP contribution is -2.35. The molecular weight excluding hydrogens is 295 g/mol. The number of benzene rings is 2. The lowest BCUT2D eigenvalue weighted by atomic mass is 10.0. The molecule has 0 spiro atoms. The van der Waals surface area contributed by atoms with E-state index in [2.05, 4.69) is 10.6 Å².